The summed E-state index contributed by atoms with van der Waals surface area (Å²) in [6, 6.07) is 12.0. The SMILES string of the molecule is CCN(CC)C(CNC(=O)c1cc(S(N)(=O)=O)ccc1C)c1cccc(OC)c1. The summed E-state index contributed by atoms with van der Waals surface area (Å²) in [5.74, 6) is 0.413. The summed E-state index contributed by atoms with van der Waals surface area (Å²) in [7, 11) is -2.26. The number of nitrogens with two attached hydrogens (primary N) is 1. The predicted molar refractivity (Wildman–Crippen MR) is 114 cm³/mol. The minimum Gasteiger partial charge on any atom is -0.497 e. The van der Waals surface area contributed by atoms with Crippen molar-refractivity contribution in [2.75, 3.05) is 26.7 Å². The lowest BCUT2D eigenvalue weighted by Gasteiger charge is -2.30. The van der Waals surface area contributed by atoms with Crippen molar-refractivity contribution < 1.29 is 17.9 Å². The number of likely N-dealkylation sites (N-methyl/N-ethyl adjacent to an activating group) is 1. The molecule has 0 aliphatic rings. The summed E-state index contributed by atoms with van der Waals surface area (Å²) in [6.07, 6.45) is 0. The summed E-state index contributed by atoms with van der Waals surface area (Å²) in [6.45, 7) is 7.89. The van der Waals surface area contributed by atoms with Crippen molar-refractivity contribution in [1.82, 2.24) is 10.2 Å². The van der Waals surface area contributed by atoms with Crippen molar-refractivity contribution in [2.24, 2.45) is 5.14 Å². The Kier molecular flexibility index (Phi) is 7.78. The van der Waals surface area contributed by atoms with Crippen LogP contribution in [0.15, 0.2) is 47.4 Å². The molecule has 2 aromatic carbocycles. The maximum Gasteiger partial charge on any atom is 0.251 e. The van der Waals surface area contributed by atoms with Gasteiger partial charge in [0.15, 0.2) is 0 Å². The molecule has 0 fully saturated rings. The number of amides is 1. The van der Waals surface area contributed by atoms with E-state index in [4.69, 9.17) is 9.88 Å². The molecule has 0 radical (unpaired) electrons. The topological polar surface area (TPSA) is 102 Å². The fourth-order valence-corrected chi connectivity index (χ4v) is 3.82. The molecular formula is C21H29N3O4S. The lowest BCUT2D eigenvalue weighted by molar-refractivity contribution is 0.0934. The third-order valence-electron chi connectivity index (χ3n) is 4.97. The highest BCUT2D eigenvalue weighted by Crippen LogP contribution is 2.24. The summed E-state index contributed by atoms with van der Waals surface area (Å²) < 4.78 is 28.6. The maximum atomic E-state index is 12.8. The van der Waals surface area contributed by atoms with Gasteiger partial charge in [0.05, 0.1) is 18.0 Å². The molecule has 0 heterocycles. The number of carbonyl (C=O) groups excluding carboxylic acids is 1. The second-order valence-corrected chi connectivity index (χ2v) is 8.31. The van der Waals surface area contributed by atoms with Crippen molar-refractivity contribution in [3.05, 3.63) is 59.2 Å². The van der Waals surface area contributed by atoms with E-state index >= 15 is 0 Å². The molecule has 0 saturated carbocycles. The zero-order valence-corrected chi connectivity index (χ0v) is 18.1. The first-order valence-corrected chi connectivity index (χ1v) is 11.1. The molecular weight excluding hydrogens is 390 g/mol. The van der Waals surface area contributed by atoms with E-state index in [1.807, 2.05) is 24.3 Å². The largest absolute Gasteiger partial charge is 0.497 e. The molecule has 3 N–H and O–H groups in total. The molecule has 0 bridgehead atoms. The number of nitrogens with one attached hydrogen (secondary N) is 1. The number of rotatable bonds is 9. The van der Waals surface area contributed by atoms with Crippen LogP contribution in [0.5, 0.6) is 5.75 Å². The van der Waals surface area contributed by atoms with E-state index in [2.05, 4.69) is 24.1 Å². The van der Waals surface area contributed by atoms with Crippen LogP contribution in [0.25, 0.3) is 0 Å². The van der Waals surface area contributed by atoms with Crippen LogP contribution < -0.4 is 15.2 Å². The molecule has 0 saturated heterocycles. The van der Waals surface area contributed by atoms with Gasteiger partial charge < -0.3 is 10.1 Å². The van der Waals surface area contributed by atoms with Gasteiger partial charge >= 0.3 is 0 Å². The second kappa shape index (κ2) is 9.87. The third-order valence-corrected chi connectivity index (χ3v) is 5.88. The van der Waals surface area contributed by atoms with Gasteiger partial charge in [-0.2, -0.15) is 0 Å². The van der Waals surface area contributed by atoms with Gasteiger partial charge in [-0.25, -0.2) is 13.6 Å². The average Bonchev–Trinajstić information content (AvgIpc) is 2.70. The molecule has 1 unspecified atom stereocenters. The molecule has 1 amide bonds. The highest BCUT2D eigenvalue weighted by molar-refractivity contribution is 7.89. The Morgan fingerprint density at radius 2 is 1.86 bits per heavy atom. The fourth-order valence-electron chi connectivity index (χ4n) is 3.28. The predicted octanol–water partition coefficient (Wildman–Crippen LogP) is 2.46. The molecule has 158 valence electrons. The van der Waals surface area contributed by atoms with Crippen LogP contribution in [-0.4, -0.2) is 46.0 Å². The van der Waals surface area contributed by atoms with E-state index in [0.717, 1.165) is 24.4 Å². The van der Waals surface area contributed by atoms with Crippen molar-refractivity contribution in [3.8, 4) is 5.75 Å². The summed E-state index contributed by atoms with van der Waals surface area (Å²) in [5.41, 5.74) is 2.00. The van der Waals surface area contributed by atoms with Crippen molar-refractivity contribution in [3.63, 3.8) is 0 Å². The number of hydrogen-bond acceptors (Lipinski definition) is 5. The molecule has 0 aromatic heterocycles. The Balaban J connectivity index is 2.28. The number of sulfonamides is 1. The Morgan fingerprint density at radius 1 is 1.17 bits per heavy atom. The standard InChI is InChI=1S/C21H29N3O4S/c1-5-24(6-2)20(16-8-7-9-17(12-16)28-4)14-23-21(25)19-13-18(29(22,26)27)11-10-15(19)3/h7-13,20H,5-6,14H2,1-4H3,(H,23,25)(H2,22,26,27). The normalized spacial score (nSPS) is 12.6. The van der Waals surface area contributed by atoms with Crippen LogP contribution in [0.1, 0.15) is 41.4 Å². The van der Waals surface area contributed by atoms with E-state index in [1.54, 1.807) is 20.1 Å². The highest BCUT2D eigenvalue weighted by Gasteiger charge is 2.21. The van der Waals surface area contributed by atoms with Gasteiger partial charge in [-0.3, -0.25) is 9.69 Å². The molecule has 7 nitrogen and oxygen atoms in total. The van der Waals surface area contributed by atoms with Gasteiger partial charge in [-0.1, -0.05) is 32.0 Å². The zero-order chi connectivity index (χ0) is 21.6. The quantitative estimate of drug-likeness (QED) is 0.650. The van der Waals surface area contributed by atoms with Gasteiger partial charge in [-0.05, 0) is 55.4 Å². The van der Waals surface area contributed by atoms with Crippen LogP contribution in [0.4, 0.5) is 0 Å². The lowest BCUT2D eigenvalue weighted by atomic mass is 10.0. The Morgan fingerprint density at radius 3 is 2.45 bits per heavy atom. The van der Waals surface area contributed by atoms with Gasteiger partial charge in [0.2, 0.25) is 10.0 Å². The third kappa shape index (κ3) is 5.79. The molecule has 2 rings (SSSR count). The average molecular weight is 420 g/mol. The summed E-state index contributed by atoms with van der Waals surface area (Å²) in [4.78, 5) is 15.0. The Hall–Kier alpha value is -2.42. The first-order valence-electron chi connectivity index (χ1n) is 9.50. The second-order valence-electron chi connectivity index (χ2n) is 6.75. The van der Waals surface area contributed by atoms with Crippen LogP contribution >= 0.6 is 0 Å². The number of carbonyl (C=O) groups is 1. The minimum absolute atomic E-state index is 0.0502. The first-order chi connectivity index (χ1) is 13.7. The van der Waals surface area contributed by atoms with Crippen molar-refractivity contribution >= 4 is 15.9 Å². The molecule has 29 heavy (non-hydrogen) atoms. The van der Waals surface area contributed by atoms with Crippen LogP contribution in [0, 0.1) is 6.92 Å². The maximum absolute atomic E-state index is 12.8. The van der Waals surface area contributed by atoms with Gasteiger partial charge in [0, 0.05) is 12.1 Å². The minimum atomic E-state index is -3.88. The van der Waals surface area contributed by atoms with Gasteiger partial charge in [-0.15, -0.1) is 0 Å². The van der Waals surface area contributed by atoms with E-state index in [9.17, 15) is 13.2 Å². The number of benzene rings is 2. The summed E-state index contributed by atoms with van der Waals surface area (Å²) in [5, 5.41) is 8.15. The number of aryl methyl sites for hydroxylation is 1. The number of nitrogens with zero attached hydrogens (tertiary/aromatic N) is 1. The van der Waals surface area contributed by atoms with E-state index in [-0.39, 0.29) is 16.8 Å². The molecule has 0 aliphatic heterocycles. The number of hydrogen-bond donors (Lipinski definition) is 2. The van der Waals surface area contributed by atoms with Crippen LogP contribution in [0.2, 0.25) is 0 Å². The van der Waals surface area contributed by atoms with Gasteiger partial charge in [0.1, 0.15) is 5.75 Å². The molecule has 8 heteroatoms. The Labute approximate surface area is 172 Å². The highest BCUT2D eigenvalue weighted by atomic mass is 32.2. The van der Waals surface area contributed by atoms with Crippen LogP contribution in [0.3, 0.4) is 0 Å². The first kappa shape index (κ1) is 22.9. The summed E-state index contributed by atoms with van der Waals surface area (Å²) >= 11 is 0. The van der Waals surface area contributed by atoms with Crippen molar-refractivity contribution in [1.29, 1.82) is 0 Å². The van der Waals surface area contributed by atoms with E-state index in [0.29, 0.717) is 17.7 Å². The molecule has 0 aliphatic carbocycles. The van der Waals surface area contributed by atoms with Crippen molar-refractivity contribution in [2.45, 2.75) is 31.7 Å². The molecule has 2 aromatic rings. The monoisotopic (exact) mass is 419 g/mol. The number of ether oxygens (including phenoxy) is 1. The zero-order valence-electron chi connectivity index (χ0n) is 17.3. The number of methoxy groups -OCH3 is 1. The molecule has 1 atom stereocenters. The van der Waals surface area contributed by atoms with E-state index < -0.39 is 10.0 Å². The smallest absolute Gasteiger partial charge is 0.251 e. The lowest BCUT2D eigenvalue weighted by Crippen LogP contribution is -2.38. The Bertz CT molecular complexity index is 956. The number of primary sulfonamides is 1. The molecule has 0 spiro atoms. The van der Waals surface area contributed by atoms with E-state index in [1.165, 1.54) is 12.1 Å². The van der Waals surface area contributed by atoms with Crippen LogP contribution in [-0.2, 0) is 10.0 Å². The fraction of sp³-hybridized carbons (Fsp3) is 0.381. The van der Waals surface area contributed by atoms with Gasteiger partial charge in [0.25, 0.3) is 5.91 Å².